The third-order valence-electron chi connectivity index (χ3n) is 3.46. The van der Waals surface area contributed by atoms with Gasteiger partial charge in [0.25, 0.3) is 0 Å². The van der Waals surface area contributed by atoms with Gasteiger partial charge in [0.05, 0.1) is 0 Å². The van der Waals surface area contributed by atoms with Gasteiger partial charge in [-0.15, -0.1) is 0 Å². The number of carboxylic acid groups (broad SMARTS) is 1. The topological polar surface area (TPSA) is 52.6 Å². The maximum absolute atomic E-state index is 10.5. The second-order valence-electron chi connectivity index (χ2n) is 4.45. The Labute approximate surface area is 101 Å². The van der Waals surface area contributed by atoms with Crippen LogP contribution in [0.2, 0.25) is 0 Å². The first-order valence-electron chi connectivity index (χ1n) is 5.96. The van der Waals surface area contributed by atoms with Gasteiger partial charge >= 0.3 is 6.09 Å². The first-order valence-corrected chi connectivity index (χ1v) is 5.96. The smallest absolute Gasteiger partial charge is 0.404 e. The molecule has 17 heavy (non-hydrogen) atoms. The lowest BCUT2D eigenvalue weighted by atomic mass is 9.96. The van der Waals surface area contributed by atoms with Gasteiger partial charge < -0.3 is 10.4 Å². The van der Waals surface area contributed by atoms with Crippen molar-refractivity contribution in [2.75, 3.05) is 13.1 Å². The van der Waals surface area contributed by atoms with Crippen LogP contribution in [-0.2, 0) is 0 Å². The predicted octanol–water partition coefficient (Wildman–Crippen LogP) is 2.09. The van der Waals surface area contributed by atoms with Crippen molar-refractivity contribution >= 4 is 6.09 Å². The maximum Gasteiger partial charge on any atom is 0.404 e. The van der Waals surface area contributed by atoms with E-state index in [1.807, 2.05) is 18.2 Å². The fraction of sp³-hybridized carbons (Fsp3) is 0.462. The summed E-state index contributed by atoms with van der Waals surface area (Å²) in [5.41, 5.74) is 1.28. The van der Waals surface area contributed by atoms with Crippen LogP contribution in [0.4, 0.5) is 4.79 Å². The summed E-state index contributed by atoms with van der Waals surface area (Å²) >= 11 is 0. The molecule has 1 aromatic rings. The Kier molecular flexibility index (Phi) is 3.64. The molecular formula is C13H18N2O2. The molecule has 2 N–H and O–H groups in total. The number of nitrogens with one attached hydrogen (secondary N) is 1. The van der Waals surface area contributed by atoms with Crippen LogP contribution in [0.25, 0.3) is 0 Å². The number of hydrogen-bond donors (Lipinski definition) is 2. The van der Waals surface area contributed by atoms with Crippen molar-refractivity contribution in [2.24, 2.45) is 0 Å². The molecule has 1 aliphatic rings. The van der Waals surface area contributed by atoms with E-state index in [-0.39, 0.29) is 0 Å². The highest BCUT2D eigenvalue weighted by atomic mass is 16.4. The Balaban J connectivity index is 1.92. The van der Waals surface area contributed by atoms with Gasteiger partial charge in [0.1, 0.15) is 0 Å². The first-order chi connectivity index (χ1) is 8.18. The summed E-state index contributed by atoms with van der Waals surface area (Å²) in [6.07, 6.45) is 0.126. The van der Waals surface area contributed by atoms with Crippen molar-refractivity contribution in [1.82, 2.24) is 10.2 Å². The van der Waals surface area contributed by atoms with E-state index in [1.165, 1.54) is 5.56 Å². The molecule has 2 atom stereocenters. The van der Waals surface area contributed by atoms with E-state index in [0.29, 0.717) is 18.6 Å². The average molecular weight is 234 g/mol. The number of nitrogens with zero attached hydrogens (tertiary/aromatic N) is 1. The van der Waals surface area contributed by atoms with Crippen molar-refractivity contribution < 1.29 is 9.90 Å². The highest BCUT2D eigenvalue weighted by molar-refractivity contribution is 5.64. The molecule has 0 radical (unpaired) electrons. The van der Waals surface area contributed by atoms with E-state index >= 15 is 0 Å². The Hall–Kier alpha value is -1.55. The number of hydrogen-bond acceptors (Lipinski definition) is 2. The summed E-state index contributed by atoms with van der Waals surface area (Å²) in [6.45, 7) is 3.73. The third-order valence-corrected chi connectivity index (χ3v) is 3.46. The van der Waals surface area contributed by atoms with Crippen molar-refractivity contribution in [2.45, 2.75) is 25.4 Å². The number of likely N-dealkylation sites (tertiary alicyclic amines) is 1. The Morgan fingerprint density at radius 1 is 1.53 bits per heavy atom. The van der Waals surface area contributed by atoms with Crippen LogP contribution in [-0.4, -0.2) is 35.2 Å². The van der Waals surface area contributed by atoms with Gasteiger partial charge in [-0.05, 0) is 18.9 Å². The lowest BCUT2D eigenvalue weighted by molar-refractivity contribution is 0.0483. The van der Waals surface area contributed by atoms with Gasteiger partial charge in [0.2, 0.25) is 0 Å². The van der Waals surface area contributed by atoms with E-state index in [2.05, 4.69) is 29.3 Å². The van der Waals surface area contributed by atoms with Crippen molar-refractivity contribution in [1.29, 1.82) is 0 Å². The number of rotatable bonds is 4. The standard InChI is InChI=1S/C13H18N2O2/c1-10(11-5-3-2-4-6-11)15-8-7-12(15)9-14-13(16)17/h2-6,10,12,14H,7-9H2,1H3,(H,16,17)/t10-,12+/m0/s1. The number of amides is 1. The molecule has 1 aromatic carbocycles. The average Bonchev–Trinajstić information content (AvgIpc) is 2.28. The Bertz CT molecular complexity index is 380. The van der Waals surface area contributed by atoms with Crippen molar-refractivity contribution in [3.63, 3.8) is 0 Å². The fourth-order valence-electron chi connectivity index (χ4n) is 2.32. The van der Waals surface area contributed by atoms with Crippen molar-refractivity contribution in [3.05, 3.63) is 35.9 Å². The predicted molar refractivity (Wildman–Crippen MR) is 66.0 cm³/mol. The largest absolute Gasteiger partial charge is 0.465 e. The zero-order valence-electron chi connectivity index (χ0n) is 9.97. The summed E-state index contributed by atoms with van der Waals surface area (Å²) in [7, 11) is 0. The third kappa shape index (κ3) is 2.77. The number of benzene rings is 1. The molecule has 1 aliphatic heterocycles. The van der Waals surface area contributed by atoms with Crippen LogP contribution in [0.3, 0.4) is 0 Å². The number of carbonyl (C=O) groups is 1. The molecule has 1 amide bonds. The van der Waals surface area contributed by atoms with Gasteiger partial charge in [-0.2, -0.15) is 0 Å². The molecule has 1 saturated heterocycles. The maximum atomic E-state index is 10.5. The molecular weight excluding hydrogens is 216 g/mol. The second-order valence-corrected chi connectivity index (χ2v) is 4.45. The monoisotopic (exact) mass is 234 g/mol. The summed E-state index contributed by atoms with van der Waals surface area (Å²) in [6, 6.07) is 11.0. The molecule has 1 fully saturated rings. The van der Waals surface area contributed by atoms with Gasteiger partial charge in [-0.1, -0.05) is 30.3 Å². The van der Waals surface area contributed by atoms with E-state index in [1.54, 1.807) is 0 Å². The van der Waals surface area contributed by atoms with E-state index < -0.39 is 6.09 Å². The minimum absolute atomic E-state index is 0.335. The Morgan fingerprint density at radius 3 is 2.76 bits per heavy atom. The minimum atomic E-state index is -0.941. The molecule has 0 bridgehead atoms. The van der Waals surface area contributed by atoms with Crippen LogP contribution in [0.15, 0.2) is 30.3 Å². The van der Waals surface area contributed by atoms with E-state index in [9.17, 15) is 4.79 Å². The zero-order valence-corrected chi connectivity index (χ0v) is 9.97. The summed E-state index contributed by atoms with van der Waals surface area (Å²) < 4.78 is 0. The SMILES string of the molecule is C[C@@H](c1ccccc1)N1CC[C@@H]1CNC(=O)O. The van der Waals surface area contributed by atoms with E-state index in [0.717, 1.165) is 13.0 Å². The lowest BCUT2D eigenvalue weighted by Crippen LogP contribution is -2.54. The molecule has 0 aromatic heterocycles. The molecule has 4 nitrogen and oxygen atoms in total. The summed E-state index contributed by atoms with van der Waals surface area (Å²) in [4.78, 5) is 12.8. The molecule has 0 saturated carbocycles. The van der Waals surface area contributed by atoms with Crippen LogP contribution in [0.1, 0.15) is 24.9 Å². The van der Waals surface area contributed by atoms with Crippen LogP contribution >= 0.6 is 0 Å². The normalized spacial score (nSPS) is 21.6. The Morgan fingerprint density at radius 2 is 2.24 bits per heavy atom. The van der Waals surface area contributed by atoms with Crippen LogP contribution in [0.5, 0.6) is 0 Å². The first kappa shape index (κ1) is 11.9. The molecule has 2 rings (SSSR count). The zero-order chi connectivity index (χ0) is 12.3. The van der Waals surface area contributed by atoms with E-state index in [4.69, 9.17) is 5.11 Å². The lowest BCUT2D eigenvalue weighted by Gasteiger charge is -2.45. The van der Waals surface area contributed by atoms with Gasteiger partial charge in [-0.25, -0.2) is 4.79 Å². The van der Waals surface area contributed by atoms with Crippen LogP contribution in [0, 0.1) is 0 Å². The summed E-state index contributed by atoms with van der Waals surface area (Å²) in [5, 5.41) is 11.1. The second kappa shape index (κ2) is 5.19. The van der Waals surface area contributed by atoms with Crippen LogP contribution < -0.4 is 5.32 Å². The van der Waals surface area contributed by atoms with Gasteiger partial charge in [0.15, 0.2) is 0 Å². The highest BCUT2D eigenvalue weighted by Gasteiger charge is 2.32. The fourth-order valence-corrected chi connectivity index (χ4v) is 2.32. The molecule has 0 spiro atoms. The van der Waals surface area contributed by atoms with Crippen molar-refractivity contribution in [3.8, 4) is 0 Å². The van der Waals surface area contributed by atoms with Gasteiger partial charge in [-0.3, -0.25) is 4.90 Å². The quantitative estimate of drug-likeness (QED) is 0.838. The molecule has 92 valence electrons. The molecule has 4 heteroatoms. The highest BCUT2D eigenvalue weighted by Crippen LogP contribution is 2.29. The summed E-state index contributed by atoms with van der Waals surface area (Å²) in [5.74, 6) is 0. The van der Waals surface area contributed by atoms with Gasteiger partial charge in [0, 0.05) is 25.2 Å². The molecule has 1 heterocycles. The molecule has 0 aliphatic carbocycles. The minimum Gasteiger partial charge on any atom is -0.465 e. The molecule has 0 unspecified atom stereocenters.